The Hall–Kier alpha value is 1.44. The zero-order valence-corrected chi connectivity index (χ0v) is 17.6. The standard InChI is InChI=1S/C16H35N.2BrH.Fe/c1-2-3-4-5-6-7-8-9-10-11-12-13-14-15-16-17;;;/h2-17H2,1H3;2*1H;/q;;;+2/p-2. The molecular weight excluding hydrogens is 422 g/mol. The van der Waals surface area contributed by atoms with Gasteiger partial charge in [0.15, 0.2) is 0 Å². The molecule has 0 spiro atoms. The topological polar surface area (TPSA) is 26.0 Å². The fraction of sp³-hybridized carbons (Fsp3) is 1.00. The quantitative estimate of drug-likeness (QED) is 0.275. The third-order valence-electron chi connectivity index (χ3n) is 3.56. The van der Waals surface area contributed by atoms with Gasteiger partial charge < -0.3 is 39.7 Å². The van der Waals surface area contributed by atoms with E-state index in [1.807, 2.05) is 0 Å². The van der Waals surface area contributed by atoms with Crippen LogP contribution in [-0.4, -0.2) is 6.54 Å². The molecule has 0 aromatic carbocycles. The van der Waals surface area contributed by atoms with E-state index < -0.39 is 0 Å². The van der Waals surface area contributed by atoms with Crippen molar-refractivity contribution in [1.29, 1.82) is 0 Å². The van der Waals surface area contributed by atoms with Crippen molar-refractivity contribution in [2.45, 2.75) is 96.8 Å². The van der Waals surface area contributed by atoms with Crippen molar-refractivity contribution in [2.24, 2.45) is 5.73 Å². The van der Waals surface area contributed by atoms with Crippen LogP contribution in [0.2, 0.25) is 0 Å². The predicted molar refractivity (Wildman–Crippen MR) is 79.4 cm³/mol. The Bertz CT molecular complexity index is 124. The second-order valence-corrected chi connectivity index (χ2v) is 5.38. The van der Waals surface area contributed by atoms with Gasteiger partial charge >= 0.3 is 17.1 Å². The van der Waals surface area contributed by atoms with Gasteiger partial charge in [-0.2, -0.15) is 0 Å². The van der Waals surface area contributed by atoms with Crippen LogP contribution in [0, 0.1) is 0 Å². The second-order valence-electron chi connectivity index (χ2n) is 5.38. The van der Waals surface area contributed by atoms with Gasteiger partial charge in [0, 0.05) is 0 Å². The summed E-state index contributed by atoms with van der Waals surface area (Å²) in [5, 5.41) is 0. The maximum absolute atomic E-state index is 5.47. The van der Waals surface area contributed by atoms with Crippen molar-refractivity contribution in [1.82, 2.24) is 0 Å². The van der Waals surface area contributed by atoms with Gasteiger partial charge in [0.25, 0.3) is 0 Å². The first-order valence-corrected chi connectivity index (χ1v) is 8.12. The summed E-state index contributed by atoms with van der Waals surface area (Å²) in [5.41, 5.74) is 5.47. The molecule has 1 nitrogen and oxygen atoms in total. The molecule has 0 aliphatic rings. The SMILES string of the molecule is CCCCCCCCCCCCCCCCN.[Br-].[Br-].[Fe+2]. The van der Waals surface area contributed by atoms with Gasteiger partial charge in [0.2, 0.25) is 0 Å². The van der Waals surface area contributed by atoms with Gasteiger partial charge in [-0.05, 0) is 13.0 Å². The number of rotatable bonds is 14. The summed E-state index contributed by atoms with van der Waals surface area (Å²) in [5.74, 6) is 0. The first kappa shape index (κ1) is 29.5. The largest absolute Gasteiger partial charge is 2.00 e. The Morgan fingerprint density at radius 1 is 0.500 bits per heavy atom. The zero-order chi connectivity index (χ0) is 12.6. The van der Waals surface area contributed by atoms with Gasteiger partial charge in [0.1, 0.15) is 0 Å². The van der Waals surface area contributed by atoms with Crippen molar-refractivity contribution in [3.63, 3.8) is 0 Å². The van der Waals surface area contributed by atoms with E-state index in [9.17, 15) is 0 Å². The van der Waals surface area contributed by atoms with E-state index in [4.69, 9.17) is 5.73 Å². The molecule has 0 saturated carbocycles. The molecular formula is C16H35Br2FeN. The number of halogens is 2. The molecule has 0 unspecified atom stereocenters. The van der Waals surface area contributed by atoms with Crippen LogP contribution in [0.4, 0.5) is 0 Å². The monoisotopic (exact) mass is 455 g/mol. The molecule has 0 aromatic heterocycles. The molecule has 2 N–H and O–H groups in total. The minimum absolute atomic E-state index is 0. The minimum Gasteiger partial charge on any atom is -1.00 e. The third-order valence-corrected chi connectivity index (χ3v) is 3.56. The summed E-state index contributed by atoms with van der Waals surface area (Å²) in [4.78, 5) is 0. The molecule has 0 radical (unpaired) electrons. The molecule has 0 saturated heterocycles. The zero-order valence-electron chi connectivity index (χ0n) is 13.3. The van der Waals surface area contributed by atoms with Crippen LogP contribution < -0.4 is 39.7 Å². The molecule has 0 aromatic rings. The van der Waals surface area contributed by atoms with Gasteiger partial charge in [0.05, 0.1) is 0 Å². The third kappa shape index (κ3) is 27.7. The summed E-state index contributed by atoms with van der Waals surface area (Å²) in [6.07, 6.45) is 19.9. The van der Waals surface area contributed by atoms with E-state index in [2.05, 4.69) is 6.92 Å². The number of hydrogen-bond acceptors (Lipinski definition) is 1. The fourth-order valence-electron chi connectivity index (χ4n) is 2.34. The first-order valence-electron chi connectivity index (χ1n) is 8.12. The van der Waals surface area contributed by atoms with E-state index >= 15 is 0 Å². The minimum atomic E-state index is 0. The molecule has 0 rings (SSSR count). The molecule has 0 aliphatic heterocycles. The van der Waals surface area contributed by atoms with E-state index in [0.717, 1.165) is 6.54 Å². The first-order chi connectivity index (χ1) is 8.41. The number of unbranched alkanes of at least 4 members (excludes halogenated alkanes) is 13. The fourth-order valence-corrected chi connectivity index (χ4v) is 2.34. The van der Waals surface area contributed by atoms with Crippen molar-refractivity contribution in [3.05, 3.63) is 0 Å². The van der Waals surface area contributed by atoms with Gasteiger partial charge in [-0.3, -0.25) is 0 Å². The number of hydrogen-bond donors (Lipinski definition) is 1. The molecule has 4 heteroatoms. The van der Waals surface area contributed by atoms with E-state index in [0.29, 0.717) is 0 Å². The molecule has 0 bridgehead atoms. The average molecular weight is 457 g/mol. The Morgan fingerprint density at radius 2 is 0.750 bits per heavy atom. The average Bonchev–Trinajstić information content (AvgIpc) is 2.35. The Kier molecular flexibility index (Phi) is 42.1. The second kappa shape index (κ2) is 28.6. The summed E-state index contributed by atoms with van der Waals surface area (Å²) in [6, 6.07) is 0. The molecule has 0 aliphatic carbocycles. The van der Waals surface area contributed by atoms with Crippen molar-refractivity contribution >= 4 is 0 Å². The molecule has 0 fully saturated rings. The summed E-state index contributed by atoms with van der Waals surface area (Å²) in [7, 11) is 0. The Balaban J connectivity index is -0.000000427. The van der Waals surface area contributed by atoms with Crippen LogP contribution in [0.25, 0.3) is 0 Å². The Morgan fingerprint density at radius 3 is 1.00 bits per heavy atom. The smallest absolute Gasteiger partial charge is 1.00 e. The maximum Gasteiger partial charge on any atom is 2.00 e. The van der Waals surface area contributed by atoms with Crippen LogP contribution in [0.15, 0.2) is 0 Å². The van der Waals surface area contributed by atoms with Crippen molar-refractivity contribution in [3.8, 4) is 0 Å². The van der Waals surface area contributed by atoms with E-state index in [1.165, 1.54) is 89.9 Å². The molecule has 0 atom stereocenters. The van der Waals surface area contributed by atoms with Gasteiger partial charge in [-0.1, -0.05) is 90.4 Å². The van der Waals surface area contributed by atoms with Crippen LogP contribution in [-0.2, 0) is 17.1 Å². The normalized spacial score (nSPS) is 9.30. The molecule has 0 heterocycles. The van der Waals surface area contributed by atoms with Crippen LogP contribution in [0.5, 0.6) is 0 Å². The summed E-state index contributed by atoms with van der Waals surface area (Å²) >= 11 is 0. The summed E-state index contributed by atoms with van der Waals surface area (Å²) in [6.45, 7) is 3.16. The Labute approximate surface area is 159 Å². The molecule has 20 heavy (non-hydrogen) atoms. The van der Waals surface area contributed by atoms with Crippen LogP contribution >= 0.6 is 0 Å². The van der Waals surface area contributed by atoms with E-state index in [-0.39, 0.29) is 51.0 Å². The number of nitrogens with two attached hydrogens (primary N) is 1. The maximum atomic E-state index is 5.47. The van der Waals surface area contributed by atoms with Gasteiger partial charge in [-0.25, -0.2) is 0 Å². The summed E-state index contributed by atoms with van der Waals surface area (Å²) < 4.78 is 0. The molecule has 0 amide bonds. The van der Waals surface area contributed by atoms with Crippen molar-refractivity contribution in [2.75, 3.05) is 6.54 Å². The van der Waals surface area contributed by atoms with E-state index in [1.54, 1.807) is 0 Å². The van der Waals surface area contributed by atoms with Gasteiger partial charge in [-0.15, -0.1) is 0 Å². The van der Waals surface area contributed by atoms with Crippen molar-refractivity contribution < 1.29 is 51.0 Å². The van der Waals surface area contributed by atoms with Crippen LogP contribution in [0.3, 0.4) is 0 Å². The van der Waals surface area contributed by atoms with Crippen LogP contribution in [0.1, 0.15) is 96.8 Å². The predicted octanol–water partition coefficient (Wildman–Crippen LogP) is -0.568. The molecule has 126 valence electrons.